The lowest BCUT2D eigenvalue weighted by Crippen LogP contribution is -2.40. The standard InChI is InChI=1S/C18H28O3/c1-10(2)12-7-6-11(3)16-15-9-14(20)13(5-4-8-19)18(21-15)17(12)16/h6,10,12-13,15-19H,4-5,7-9H2,1-3H3/t12-,13-,15-,16-,17-,18+/m1/s1. The quantitative estimate of drug-likeness (QED) is 0.810. The van der Waals surface area contributed by atoms with Gasteiger partial charge in [-0.25, -0.2) is 0 Å². The summed E-state index contributed by atoms with van der Waals surface area (Å²) in [6, 6.07) is 0. The summed E-state index contributed by atoms with van der Waals surface area (Å²) in [6.07, 6.45) is 5.76. The lowest BCUT2D eigenvalue weighted by Gasteiger charge is -2.38. The summed E-state index contributed by atoms with van der Waals surface area (Å²) in [7, 11) is 0. The highest BCUT2D eigenvalue weighted by Gasteiger charge is 2.57. The Balaban J connectivity index is 1.91. The van der Waals surface area contributed by atoms with Crippen molar-refractivity contribution in [2.24, 2.45) is 29.6 Å². The van der Waals surface area contributed by atoms with E-state index in [1.165, 1.54) is 5.57 Å². The van der Waals surface area contributed by atoms with Gasteiger partial charge in [0.2, 0.25) is 0 Å². The van der Waals surface area contributed by atoms with Crippen molar-refractivity contribution in [3.05, 3.63) is 11.6 Å². The second kappa shape index (κ2) is 5.85. The smallest absolute Gasteiger partial charge is 0.141 e. The molecule has 0 aromatic rings. The molecule has 118 valence electrons. The number of aliphatic hydroxyl groups is 1. The third kappa shape index (κ3) is 2.49. The average Bonchev–Trinajstić information content (AvgIpc) is 2.74. The first-order chi connectivity index (χ1) is 10.0. The van der Waals surface area contributed by atoms with Gasteiger partial charge in [0.05, 0.1) is 12.2 Å². The van der Waals surface area contributed by atoms with E-state index in [9.17, 15) is 4.79 Å². The number of carbonyl (C=O) groups is 1. The molecule has 0 spiro atoms. The Morgan fingerprint density at radius 1 is 1.43 bits per heavy atom. The molecule has 2 bridgehead atoms. The largest absolute Gasteiger partial charge is 0.396 e. The van der Waals surface area contributed by atoms with Gasteiger partial charge in [-0.15, -0.1) is 0 Å². The Bertz CT molecular complexity index is 440. The van der Waals surface area contributed by atoms with E-state index in [0.717, 1.165) is 12.8 Å². The lowest BCUT2D eigenvalue weighted by atomic mass is 9.65. The van der Waals surface area contributed by atoms with Gasteiger partial charge >= 0.3 is 0 Å². The highest BCUT2D eigenvalue weighted by atomic mass is 16.5. The van der Waals surface area contributed by atoms with Gasteiger partial charge in [-0.05, 0) is 43.9 Å². The molecule has 2 heterocycles. The van der Waals surface area contributed by atoms with Crippen LogP contribution in [0, 0.1) is 29.6 Å². The summed E-state index contributed by atoms with van der Waals surface area (Å²) in [5.41, 5.74) is 1.43. The number of ketones is 1. The van der Waals surface area contributed by atoms with E-state index in [4.69, 9.17) is 9.84 Å². The number of hydrogen-bond acceptors (Lipinski definition) is 3. The Morgan fingerprint density at radius 2 is 2.19 bits per heavy atom. The average molecular weight is 292 g/mol. The predicted octanol–water partition coefficient (Wildman–Crippen LogP) is 2.97. The van der Waals surface area contributed by atoms with Crippen LogP contribution in [0.5, 0.6) is 0 Å². The molecular weight excluding hydrogens is 264 g/mol. The van der Waals surface area contributed by atoms with E-state index >= 15 is 0 Å². The zero-order chi connectivity index (χ0) is 15.1. The maximum Gasteiger partial charge on any atom is 0.141 e. The minimum Gasteiger partial charge on any atom is -0.396 e. The second-order valence-corrected chi connectivity index (χ2v) is 7.48. The van der Waals surface area contributed by atoms with Gasteiger partial charge in [-0.1, -0.05) is 25.5 Å². The van der Waals surface area contributed by atoms with Crippen molar-refractivity contribution in [1.82, 2.24) is 0 Å². The zero-order valence-electron chi connectivity index (χ0n) is 13.4. The van der Waals surface area contributed by atoms with E-state index in [1.807, 2.05) is 0 Å². The van der Waals surface area contributed by atoms with Gasteiger partial charge in [0.15, 0.2) is 0 Å². The second-order valence-electron chi connectivity index (χ2n) is 7.48. The summed E-state index contributed by atoms with van der Waals surface area (Å²) < 4.78 is 6.33. The molecule has 2 aliphatic heterocycles. The van der Waals surface area contributed by atoms with Crippen LogP contribution in [0.2, 0.25) is 0 Å². The van der Waals surface area contributed by atoms with Gasteiger partial charge in [-0.3, -0.25) is 4.79 Å². The third-order valence-corrected chi connectivity index (χ3v) is 6.00. The molecule has 3 rings (SSSR count). The third-order valence-electron chi connectivity index (χ3n) is 6.00. The number of aliphatic hydroxyl groups excluding tert-OH is 1. The summed E-state index contributed by atoms with van der Waals surface area (Å²) in [5.74, 6) is 2.56. The van der Waals surface area contributed by atoms with E-state index in [2.05, 4.69) is 26.8 Å². The van der Waals surface area contributed by atoms with Crippen LogP contribution < -0.4 is 0 Å². The van der Waals surface area contributed by atoms with Crippen LogP contribution in [0.3, 0.4) is 0 Å². The molecule has 2 fully saturated rings. The number of allylic oxidation sites excluding steroid dienone is 1. The number of fused-ring (bicyclic) bond motifs is 5. The maximum absolute atomic E-state index is 12.5. The first-order valence-electron chi connectivity index (χ1n) is 8.50. The molecule has 3 heteroatoms. The molecule has 0 radical (unpaired) electrons. The number of rotatable bonds is 4. The molecule has 6 atom stereocenters. The molecular formula is C18H28O3. The minimum absolute atomic E-state index is 0.00977. The van der Waals surface area contributed by atoms with E-state index in [-0.39, 0.29) is 24.7 Å². The Kier molecular flexibility index (Phi) is 4.24. The first kappa shape index (κ1) is 15.2. The van der Waals surface area contributed by atoms with Crippen molar-refractivity contribution in [1.29, 1.82) is 0 Å². The van der Waals surface area contributed by atoms with E-state index in [0.29, 0.717) is 42.3 Å². The number of hydrogen-bond donors (Lipinski definition) is 1. The molecule has 3 aliphatic rings. The molecule has 0 unspecified atom stereocenters. The van der Waals surface area contributed by atoms with Gasteiger partial charge < -0.3 is 9.84 Å². The first-order valence-corrected chi connectivity index (χ1v) is 8.50. The van der Waals surface area contributed by atoms with Crippen molar-refractivity contribution in [2.75, 3.05) is 6.61 Å². The summed E-state index contributed by atoms with van der Waals surface area (Å²) in [6.45, 7) is 6.97. The summed E-state index contributed by atoms with van der Waals surface area (Å²) >= 11 is 0. The van der Waals surface area contributed by atoms with Crippen molar-refractivity contribution >= 4 is 5.78 Å². The van der Waals surface area contributed by atoms with Crippen LogP contribution in [0.4, 0.5) is 0 Å². The monoisotopic (exact) mass is 292 g/mol. The normalized spacial score (nSPS) is 42.1. The van der Waals surface area contributed by atoms with Crippen molar-refractivity contribution in [3.63, 3.8) is 0 Å². The Hall–Kier alpha value is -0.670. The predicted molar refractivity (Wildman–Crippen MR) is 81.8 cm³/mol. The number of ether oxygens (including phenoxy) is 1. The molecule has 0 saturated carbocycles. The van der Waals surface area contributed by atoms with E-state index in [1.54, 1.807) is 0 Å². The minimum atomic E-state index is 0.00977. The summed E-state index contributed by atoms with van der Waals surface area (Å²) in [5, 5.41) is 9.11. The molecule has 3 nitrogen and oxygen atoms in total. The highest BCUT2D eigenvalue weighted by molar-refractivity contribution is 5.83. The lowest BCUT2D eigenvalue weighted by molar-refractivity contribution is -0.141. The molecule has 0 aromatic carbocycles. The Labute approximate surface area is 127 Å². The van der Waals surface area contributed by atoms with Crippen LogP contribution in [0.15, 0.2) is 11.6 Å². The van der Waals surface area contributed by atoms with Crippen LogP contribution >= 0.6 is 0 Å². The zero-order valence-corrected chi connectivity index (χ0v) is 13.4. The van der Waals surface area contributed by atoms with E-state index < -0.39 is 0 Å². The molecule has 2 saturated heterocycles. The maximum atomic E-state index is 12.5. The molecule has 21 heavy (non-hydrogen) atoms. The SMILES string of the molecule is CC1=CC[C@H](C(C)C)[C@H]2[C@H]3O[C@H](CC(=O)[C@H]3CCCO)[C@@H]12. The van der Waals surface area contributed by atoms with Crippen LogP contribution in [0.1, 0.15) is 46.5 Å². The van der Waals surface area contributed by atoms with Gasteiger partial charge in [0, 0.05) is 24.9 Å². The highest BCUT2D eigenvalue weighted by Crippen LogP contribution is 2.54. The fraction of sp³-hybridized carbons (Fsp3) is 0.833. The van der Waals surface area contributed by atoms with Crippen molar-refractivity contribution in [2.45, 2.75) is 58.7 Å². The number of carbonyl (C=O) groups excluding carboxylic acids is 1. The van der Waals surface area contributed by atoms with Crippen LogP contribution in [0.25, 0.3) is 0 Å². The van der Waals surface area contributed by atoms with Gasteiger partial charge in [0.1, 0.15) is 5.78 Å². The molecule has 1 aliphatic carbocycles. The Morgan fingerprint density at radius 3 is 2.86 bits per heavy atom. The van der Waals surface area contributed by atoms with Gasteiger partial charge in [-0.2, -0.15) is 0 Å². The molecule has 0 amide bonds. The van der Waals surface area contributed by atoms with Crippen molar-refractivity contribution in [3.8, 4) is 0 Å². The summed E-state index contributed by atoms with van der Waals surface area (Å²) in [4.78, 5) is 12.5. The number of Topliss-reactive ketones (excluding diaryl/α,β-unsaturated/α-hetero) is 1. The molecule has 0 aromatic heterocycles. The van der Waals surface area contributed by atoms with Crippen molar-refractivity contribution < 1.29 is 14.6 Å². The van der Waals surface area contributed by atoms with Gasteiger partial charge in [0.25, 0.3) is 0 Å². The van der Waals surface area contributed by atoms with Crippen LogP contribution in [-0.4, -0.2) is 29.7 Å². The topological polar surface area (TPSA) is 46.5 Å². The van der Waals surface area contributed by atoms with Crippen LogP contribution in [-0.2, 0) is 9.53 Å². The fourth-order valence-corrected chi connectivity index (χ4v) is 4.98. The molecule has 1 N–H and O–H groups in total. The fourth-order valence-electron chi connectivity index (χ4n) is 4.98.